The summed E-state index contributed by atoms with van der Waals surface area (Å²) in [5.41, 5.74) is 0. The lowest BCUT2D eigenvalue weighted by Gasteiger charge is -2.35. The van der Waals surface area contributed by atoms with Gasteiger partial charge in [-0.1, -0.05) is 20.8 Å². The zero-order valence-corrected chi connectivity index (χ0v) is 12.7. The number of carbonyl (C=O) groups is 2. The number of nitrogens with one attached hydrogen (secondary N) is 1. The van der Waals surface area contributed by atoms with Gasteiger partial charge in [0.1, 0.15) is 0 Å². The number of urea groups is 1. The van der Waals surface area contributed by atoms with Crippen molar-refractivity contribution in [3.05, 3.63) is 0 Å². The number of carboxylic acid groups (broad SMARTS) is 1. The zero-order chi connectivity index (χ0) is 14.4. The molecule has 19 heavy (non-hydrogen) atoms. The molecule has 6 heteroatoms. The molecule has 0 aromatic carbocycles. The molecule has 0 spiro atoms. The van der Waals surface area contributed by atoms with Crippen molar-refractivity contribution < 1.29 is 14.7 Å². The fourth-order valence-corrected chi connectivity index (χ4v) is 2.94. The van der Waals surface area contributed by atoms with Crippen LogP contribution in [0, 0.1) is 11.8 Å². The number of nitrogens with zero attached hydrogens (tertiary/aromatic N) is 1. The number of hydrogen-bond acceptors (Lipinski definition) is 3. The van der Waals surface area contributed by atoms with Crippen molar-refractivity contribution in [1.29, 1.82) is 0 Å². The van der Waals surface area contributed by atoms with E-state index in [4.69, 9.17) is 5.11 Å². The molecule has 0 bridgehead atoms. The van der Waals surface area contributed by atoms with Gasteiger partial charge < -0.3 is 15.3 Å². The van der Waals surface area contributed by atoms with E-state index in [1.54, 1.807) is 16.7 Å². The molecule has 0 aliphatic carbocycles. The quantitative estimate of drug-likeness (QED) is 0.810. The van der Waals surface area contributed by atoms with Crippen LogP contribution in [-0.4, -0.2) is 52.6 Å². The smallest absolute Gasteiger partial charge is 0.317 e. The molecular weight excluding hydrogens is 264 g/mol. The molecule has 2 unspecified atom stereocenters. The van der Waals surface area contributed by atoms with Gasteiger partial charge in [-0.2, -0.15) is 11.8 Å². The van der Waals surface area contributed by atoms with Crippen LogP contribution in [0.5, 0.6) is 0 Å². The summed E-state index contributed by atoms with van der Waals surface area (Å²) < 4.78 is 0. The molecule has 1 fully saturated rings. The van der Waals surface area contributed by atoms with Gasteiger partial charge in [0.05, 0.1) is 12.5 Å². The molecule has 5 nitrogen and oxygen atoms in total. The zero-order valence-electron chi connectivity index (χ0n) is 11.9. The maximum absolute atomic E-state index is 12.1. The summed E-state index contributed by atoms with van der Waals surface area (Å²) in [7, 11) is 0. The number of carbonyl (C=O) groups excluding carboxylic acids is 1. The summed E-state index contributed by atoms with van der Waals surface area (Å²) >= 11 is 1.71. The van der Waals surface area contributed by atoms with Gasteiger partial charge in [0.2, 0.25) is 0 Å². The maximum atomic E-state index is 12.1. The SMILES string of the molecule is CC(C)C(C)CNC(=O)N1CCSCC1CC(=O)O. The molecule has 110 valence electrons. The molecule has 1 aliphatic rings. The van der Waals surface area contributed by atoms with Crippen LogP contribution in [-0.2, 0) is 4.79 Å². The van der Waals surface area contributed by atoms with E-state index in [0.29, 0.717) is 30.7 Å². The Balaban J connectivity index is 2.50. The molecule has 1 rings (SSSR count). The Morgan fingerprint density at radius 3 is 2.68 bits per heavy atom. The Labute approximate surface area is 119 Å². The van der Waals surface area contributed by atoms with Crippen LogP contribution in [0.3, 0.4) is 0 Å². The van der Waals surface area contributed by atoms with Crippen LogP contribution < -0.4 is 5.32 Å². The van der Waals surface area contributed by atoms with Crippen molar-refractivity contribution >= 4 is 23.8 Å². The molecule has 0 radical (unpaired) electrons. The van der Waals surface area contributed by atoms with E-state index in [1.165, 1.54) is 0 Å². The van der Waals surface area contributed by atoms with Gasteiger partial charge in [-0.25, -0.2) is 4.79 Å². The fraction of sp³-hybridized carbons (Fsp3) is 0.846. The standard InChI is InChI=1S/C13H24N2O3S/c1-9(2)10(3)7-14-13(18)15-4-5-19-8-11(15)6-12(16)17/h9-11H,4-8H2,1-3H3,(H,14,18)(H,16,17). The third-order valence-electron chi connectivity index (χ3n) is 3.61. The minimum Gasteiger partial charge on any atom is -0.481 e. The Morgan fingerprint density at radius 2 is 2.11 bits per heavy atom. The van der Waals surface area contributed by atoms with Crippen LogP contribution >= 0.6 is 11.8 Å². The Kier molecular flexibility index (Phi) is 6.48. The largest absolute Gasteiger partial charge is 0.481 e. The van der Waals surface area contributed by atoms with E-state index in [9.17, 15) is 9.59 Å². The highest BCUT2D eigenvalue weighted by molar-refractivity contribution is 7.99. The number of rotatable bonds is 5. The van der Waals surface area contributed by atoms with Crippen molar-refractivity contribution in [1.82, 2.24) is 10.2 Å². The number of aliphatic carboxylic acids is 1. The average Bonchev–Trinajstić information content (AvgIpc) is 2.35. The van der Waals surface area contributed by atoms with Crippen LogP contribution in [0.15, 0.2) is 0 Å². The molecule has 1 saturated heterocycles. The number of hydrogen-bond donors (Lipinski definition) is 2. The Morgan fingerprint density at radius 1 is 1.42 bits per heavy atom. The van der Waals surface area contributed by atoms with E-state index in [1.807, 2.05) is 0 Å². The van der Waals surface area contributed by atoms with Crippen LogP contribution in [0.4, 0.5) is 4.79 Å². The molecule has 2 amide bonds. The first kappa shape index (κ1) is 16.1. The highest BCUT2D eigenvalue weighted by Crippen LogP contribution is 2.19. The van der Waals surface area contributed by atoms with Gasteiger partial charge in [-0.15, -0.1) is 0 Å². The monoisotopic (exact) mass is 288 g/mol. The van der Waals surface area contributed by atoms with E-state index in [2.05, 4.69) is 26.1 Å². The maximum Gasteiger partial charge on any atom is 0.317 e. The minimum atomic E-state index is -0.846. The lowest BCUT2D eigenvalue weighted by molar-refractivity contribution is -0.137. The van der Waals surface area contributed by atoms with Gasteiger partial charge >= 0.3 is 12.0 Å². The number of amides is 2. The first-order chi connectivity index (χ1) is 8.91. The highest BCUT2D eigenvalue weighted by Gasteiger charge is 2.28. The van der Waals surface area contributed by atoms with E-state index in [0.717, 1.165) is 5.75 Å². The Hall–Kier alpha value is -0.910. The van der Waals surface area contributed by atoms with Crippen molar-refractivity contribution in [2.45, 2.75) is 33.2 Å². The molecule has 1 aliphatic heterocycles. The van der Waals surface area contributed by atoms with Crippen molar-refractivity contribution in [3.63, 3.8) is 0 Å². The second-order valence-electron chi connectivity index (χ2n) is 5.43. The van der Waals surface area contributed by atoms with Gasteiger partial charge in [0.25, 0.3) is 0 Å². The normalized spacial score (nSPS) is 21.3. The number of thioether (sulfide) groups is 1. The predicted molar refractivity (Wildman–Crippen MR) is 77.5 cm³/mol. The summed E-state index contributed by atoms with van der Waals surface area (Å²) in [5, 5.41) is 11.8. The van der Waals surface area contributed by atoms with Gasteiger partial charge in [-0.05, 0) is 11.8 Å². The molecule has 0 saturated carbocycles. The van der Waals surface area contributed by atoms with Crippen molar-refractivity contribution in [2.24, 2.45) is 11.8 Å². The van der Waals surface area contributed by atoms with Gasteiger partial charge in [-0.3, -0.25) is 4.79 Å². The molecular formula is C13H24N2O3S. The second kappa shape index (κ2) is 7.62. The Bertz CT molecular complexity index is 323. The van der Waals surface area contributed by atoms with Crippen molar-refractivity contribution in [3.8, 4) is 0 Å². The average molecular weight is 288 g/mol. The predicted octanol–water partition coefficient (Wildman–Crippen LogP) is 1.88. The summed E-state index contributed by atoms with van der Waals surface area (Å²) in [6.07, 6.45) is 0.0279. The lowest BCUT2D eigenvalue weighted by atomic mass is 9.98. The van der Waals surface area contributed by atoms with Gasteiger partial charge in [0.15, 0.2) is 0 Å². The van der Waals surface area contributed by atoms with Crippen molar-refractivity contribution in [2.75, 3.05) is 24.6 Å². The third-order valence-corrected chi connectivity index (χ3v) is 4.70. The van der Waals surface area contributed by atoms with E-state index >= 15 is 0 Å². The molecule has 0 aromatic heterocycles. The molecule has 1 heterocycles. The third kappa shape index (κ3) is 5.30. The van der Waals surface area contributed by atoms with E-state index < -0.39 is 5.97 Å². The molecule has 2 atom stereocenters. The fourth-order valence-electron chi connectivity index (χ4n) is 1.88. The van der Waals surface area contributed by atoms with E-state index in [-0.39, 0.29) is 18.5 Å². The van der Waals surface area contributed by atoms with Gasteiger partial charge in [0, 0.05) is 24.6 Å². The topological polar surface area (TPSA) is 69.6 Å². The summed E-state index contributed by atoms with van der Waals surface area (Å²) in [6.45, 7) is 7.62. The first-order valence-electron chi connectivity index (χ1n) is 6.75. The first-order valence-corrected chi connectivity index (χ1v) is 7.91. The summed E-state index contributed by atoms with van der Waals surface area (Å²) in [4.78, 5) is 24.6. The van der Waals surface area contributed by atoms with Crippen LogP contribution in [0.1, 0.15) is 27.2 Å². The summed E-state index contributed by atoms with van der Waals surface area (Å²) in [6, 6.07) is -0.315. The minimum absolute atomic E-state index is 0.0279. The number of carboxylic acids is 1. The van der Waals surface area contributed by atoms with Crippen LogP contribution in [0.2, 0.25) is 0 Å². The lowest BCUT2D eigenvalue weighted by Crippen LogP contribution is -2.52. The second-order valence-corrected chi connectivity index (χ2v) is 6.58. The summed E-state index contributed by atoms with van der Waals surface area (Å²) in [5.74, 6) is 1.68. The molecule has 2 N–H and O–H groups in total. The molecule has 0 aromatic rings. The highest BCUT2D eigenvalue weighted by atomic mass is 32.2. The van der Waals surface area contributed by atoms with Crippen LogP contribution in [0.25, 0.3) is 0 Å².